The lowest BCUT2D eigenvalue weighted by atomic mass is 9.76. The third kappa shape index (κ3) is 4.73. The highest BCUT2D eigenvalue weighted by Crippen LogP contribution is 2.24. The average Bonchev–Trinajstić information content (AvgIpc) is 2.47. The lowest BCUT2D eigenvalue weighted by Gasteiger charge is -2.27. The SMILES string of the molecule is COc1ccc(B(O)O)c(CN(C)CC2CCCCC2)c1. The van der Waals surface area contributed by atoms with Crippen molar-refractivity contribution in [3.63, 3.8) is 0 Å². The number of methoxy groups -OCH3 is 1. The number of ether oxygens (including phenoxy) is 1. The van der Waals surface area contributed by atoms with Crippen LogP contribution >= 0.6 is 0 Å². The van der Waals surface area contributed by atoms with E-state index in [1.807, 2.05) is 6.07 Å². The number of nitrogens with zero attached hydrogens (tertiary/aromatic N) is 1. The van der Waals surface area contributed by atoms with Crippen molar-refractivity contribution in [3.8, 4) is 5.75 Å². The molecule has 116 valence electrons. The molecule has 0 heterocycles. The lowest BCUT2D eigenvalue weighted by Crippen LogP contribution is -2.36. The second-order valence-corrected chi connectivity index (χ2v) is 6.14. The normalized spacial score (nSPS) is 16.2. The Labute approximate surface area is 127 Å². The second kappa shape index (κ2) is 7.83. The van der Waals surface area contributed by atoms with Crippen LogP contribution in [0.1, 0.15) is 37.7 Å². The van der Waals surface area contributed by atoms with Gasteiger partial charge in [-0.1, -0.05) is 25.3 Å². The van der Waals surface area contributed by atoms with E-state index >= 15 is 0 Å². The zero-order valence-corrected chi connectivity index (χ0v) is 13.1. The molecular weight excluding hydrogens is 265 g/mol. The molecule has 21 heavy (non-hydrogen) atoms. The molecule has 1 aliphatic rings. The van der Waals surface area contributed by atoms with Crippen molar-refractivity contribution >= 4 is 12.6 Å². The van der Waals surface area contributed by atoms with Crippen molar-refractivity contribution in [1.29, 1.82) is 0 Å². The fourth-order valence-electron chi connectivity index (χ4n) is 3.26. The van der Waals surface area contributed by atoms with Gasteiger partial charge in [-0.05, 0) is 49.0 Å². The van der Waals surface area contributed by atoms with Gasteiger partial charge in [-0.2, -0.15) is 0 Å². The molecule has 0 unspecified atom stereocenters. The van der Waals surface area contributed by atoms with E-state index in [-0.39, 0.29) is 0 Å². The van der Waals surface area contributed by atoms with Gasteiger partial charge in [0.2, 0.25) is 0 Å². The number of hydrogen-bond acceptors (Lipinski definition) is 4. The Hall–Kier alpha value is -1.04. The van der Waals surface area contributed by atoms with Gasteiger partial charge in [-0.15, -0.1) is 0 Å². The van der Waals surface area contributed by atoms with Crippen LogP contribution in [0.15, 0.2) is 18.2 Å². The molecule has 2 N–H and O–H groups in total. The quantitative estimate of drug-likeness (QED) is 0.778. The predicted molar refractivity (Wildman–Crippen MR) is 85.7 cm³/mol. The molecule has 0 aromatic heterocycles. The van der Waals surface area contributed by atoms with Gasteiger partial charge in [0.1, 0.15) is 5.75 Å². The van der Waals surface area contributed by atoms with Gasteiger partial charge in [-0.3, -0.25) is 0 Å². The Morgan fingerprint density at radius 2 is 1.95 bits per heavy atom. The Morgan fingerprint density at radius 3 is 2.57 bits per heavy atom. The summed E-state index contributed by atoms with van der Waals surface area (Å²) in [6, 6.07) is 5.39. The lowest BCUT2D eigenvalue weighted by molar-refractivity contribution is 0.228. The molecule has 1 saturated carbocycles. The molecule has 1 aliphatic carbocycles. The van der Waals surface area contributed by atoms with E-state index < -0.39 is 7.12 Å². The largest absolute Gasteiger partial charge is 0.497 e. The molecule has 0 aliphatic heterocycles. The molecule has 0 bridgehead atoms. The second-order valence-electron chi connectivity index (χ2n) is 6.14. The maximum absolute atomic E-state index is 9.50. The minimum atomic E-state index is -1.44. The number of rotatable bonds is 6. The molecule has 4 nitrogen and oxygen atoms in total. The summed E-state index contributed by atoms with van der Waals surface area (Å²) in [5, 5.41) is 19.0. The van der Waals surface area contributed by atoms with E-state index in [1.165, 1.54) is 32.1 Å². The van der Waals surface area contributed by atoms with Crippen LogP contribution in [-0.4, -0.2) is 42.8 Å². The van der Waals surface area contributed by atoms with Crippen LogP contribution < -0.4 is 10.2 Å². The Balaban J connectivity index is 2.02. The van der Waals surface area contributed by atoms with Crippen molar-refractivity contribution in [2.75, 3.05) is 20.7 Å². The monoisotopic (exact) mass is 291 g/mol. The van der Waals surface area contributed by atoms with Gasteiger partial charge in [-0.25, -0.2) is 0 Å². The highest BCUT2D eigenvalue weighted by Gasteiger charge is 2.19. The Morgan fingerprint density at radius 1 is 1.24 bits per heavy atom. The molecule has 5 heteroatoms. The van der Waals surface area contributed by atoms with E-state index in [9.17, 15) is 10.0 Å². The van der Waals surface area contributed by atoms with Gasteiger partial charge in [0.15, 0.2) is 0 Å². The minimum Gasteiger partial charge on any atom is -0.497 e. The maximum Gasteiger partial charge on any atom is 0.488 e. The van der Waals surface area contributed by atoms with Crippen molar-refractivity contribution in [2.24, 2.45) is 5.92 Å². The molecule has 0 radical (unpaired) electrons. The van der Waals surface area contributed by atoms with E-state index in [4.69, 9.17) is 4.74 Å². The standard InChI is InChI=1S/C16H26BNO3/c1-18(11-13-6-4-3-5-7-13)12-14-10-15(21-2)8-9-16(14)17(19)20/h8-10,13,19-20H,3-7,11-12H2,1-2H3. The molecule has 0 spiro atoms. The first-order valence-corrected chi connectivity index (χ1v) is 7.81. The van der Waals surface area contributed by atoms with Crippen LogP contribution in [0.3, 0.4) is 0 Å². The summed E-state index contributed by atoms with van der Waals surface area (Å²) < 4.78 is 5.24. The van der Waals surface area contributed by atoms with Crippen LogP contribution in [0, 0.1) is 5.92 Å². The fraction of sp³-hybridized carbons (Fsp3) is 0.625. The van der Waals surface area contributed by atoms with E-state index in [2.05, 4.69) is 11.9 Å². The van der Waals surface area contributed by atoms with Gasteiger partial charge >= 0.3 is 7.12 Å². The smallest absolute Gasteiger partial charge is 0.488 e. The summed E-state index contributed by atoms with van der Waals surface area (Å²) in [6.07, 6.45) is 6.70. The first kappa shape index (κ1) is 16.3. The van der Waals surface area contributed by atoms with Crippen molar-refractivity contribution in [1.82, 2.24) is 4.90 Å². The molecule has 2 rings (SSSR count). The zero-order valence-electron chi connectivity index (χ0n) is 13.1. The molecule has 1 fully saturated rings. The average molecular weight is 291 g/mol. The molecule has 0 atom stereocenters. The number of benzene rings is 1. The molecular formula is C16H26BNO3. The van der Waals surface area contributed by atoms with Crippen molar-refractivity contribution < 1.29 is 14.8 Å². The van der Waals surface area contributed by atoms with Crippen LogP contribution in [0.5, 0.6) is 5.75 Å². The zero-order chi connectivity index (χ0) is 15.2. The molecule has 1 aromatic carbocycles. The Bertz CT molecular complexity index is 447. The van der Waals surface area contributed by atoms with Gasteiger partial charge in [0.25, 0.3) is 0 Å². The van der Waals surface area contributed by atoms with Crippen LogP contribution in [-0.2, 0) is 6.54 Å². The third-order valence-electron chi connectivity index (χ3n) is 4.36. The van der Waals surface area contributed by atoms with Crippen LogP contribution in [0.4, 0.5) is 0 Å². The highest BCUT2D eigenvalue weighted by molar-refractivity contribution is 6.59. The first-order chi connectivity index (χ1) is 10.1. The molecule has 0 amide bonds. The summed E-state index contributed by atoms with van der Waals surface area (Å²) in [6.45, 7) is 1.78. The minimum absolute atomic E-state index is 0.561. The van der Waals surface area contributed by atoms with Gasteiger partial charge in [0, 0.05) is 13.1 Å². The Kier molecular flexibility index (Phi) is 6.09. The number of hydrogen-bond donors (Lipinski definition) is 2. The fourth-order valence-corrected chi connectivity index (χ4v) is 3.26. The summed E-state index contributed by atoms with van der Waals surface area (Å²) >= 11 is 0. The van der Waals surface area contributed by atoms with Gasteiger partial charge < -0.3 is 19.7 Å². The van der Waals surface area contributed by atoms with E-state index in [0.29, 0.717) is 12.0 Å². The molecule has 1 aromatic rings. The summed E-state index contributed by atoms with van der Waals surface area (Å²) in [7, 11) is 2.29. The van der Waals surface area contributed by atoms with Crippen LogP contribution in [0.2, 0.25) is 0 Å². The molecule has 0 saturated heterocycles. The van der Waals surface area contributed by atoms with E-state index in [0.717, 1.165) is 23.8 Å². The van der Waals surface area contributed by atoms with Crippen molar-refractivity contribution in [2.45, 2.75) is 38.6 Å². The van der Waals surface area contributed by atoms with Gasteiger partial charge in [0.05, 0.1) is 7.11 Å². The predicted octanol–water partition coefficient (Wildman–Crippen LogP) is 1.39. The maximum atomic E-state index is 9.50. The van der Waals surface area contributed by atoms with Crippen molar-refractivity contribution in [3.05, 3.63) is 23.8 Å². The summed E-state index contributed by atoms with van der Waals surface area (Å²) in [5.41, 5.74) is 1.48. The summed E-state index contributed by atoms with van der Waals surface area (Å²) in [4.78, 5) is 2.27. The first-order valence-electron chi connectivity index (χ1n) is 7.81. The topological polar surface area (TPSA) is 52.9 Å². The van der Waals surface area contributed by atoms with E-state index in [1.54, 1.807) is 19.2 Å². The summed E-state index contributed by atoms with van der Waals surface area (Å²) in [5.74, 6) is 1.53. The highest BCUT2D eigenvalue weighted by atomic mass is 16.5. The third-order valence-corrected chi connectivity index (χ3v) is 4.36. The van der Waals surface area contributed by atoms with Crippen LogP contribution in [0.25, 0.3) is 0 Å².